The maximum atomic E-state index is 12.7. The Morgan fingerprint density at radius 2 is 2.05 bits per heavy atom. The molecule has 0 heterocycles. The van der Waals surface area contributed by atoms with Crippen LogP contribution < -0.4 is 5.73 Å². The molecule has 1 atom stereocenters. The van der Waals surface area contributed by atoms with Crippen molar-refractivity contribution < 1.29 is 8.42 Å². The summed E-state index contributed by atoms with van der Waals surface area (Å²) < 4.78 is 26.8. The first kappa shape index (κ1) is 18.4. The first-order valence-electron chi connectivity index (χ1n) is 6.83. The van der Waals surface area contributed by atoms with Crippen LogP contribution in [0.3, 0.4) is 0 Å². The Morgan fingerprint density at radius 3 is 2.48 bits per heavy atom. The fraction of sp³-hybridized carbons (Fsp3) is 0.500. The number of nitrogens with zero attached hydrogens (tertiary/aromatic N) is 1. The number of hydrogen-bond donors (Lipinski definition) is 1. The standard InChI is InChI=1S/C14H21ClN2O2S2/c1-4-10(3)9-17(5-2)21(18,19)11-6-7-12(14(16)20)13(15)8-11/h6-8,10H,4-5,9H2,1-3H3,(H2,16,20). The predicted octanol–water partition coefficient (Wildman–Crippen LogP) is 3.03. The number of hydrogen-bond acceptors (Lipinski definition) is 3. The minimum absolute atomic E-state index is 0.149. The molecule has 0 aliphatic rings. The maximum Gasteiger partial charge on any atom is 0.243 e. The Kier molecular flexibility index (Phi) is 6.59. The number of halogens is 1. The Morgan fingerprint density at radius 1 is 1.43 bits per heavy atom. The quantitative estimate of drug-likeness (QED) is 0.769. The Labute approximate surface area is 137 Å². The molecule has 7 heteroatoms. The third kappa shape index (κ3) is 4.39. The molecule has 0 saturated heterocycles. The first-order chi connectivity index (χ1) is 9.73. The lowest BCUT2D eigenvalue weighted by atomic mass is 10.1. The van der Waals surface area contributed by atoms with E-state index in [0.717, 1.165) is 6.42 Å². The summed E-state index contributed by atoms with van der Waals surface area (Å²) >= 11 is 10.9. The van der Waals surface area contributed by atoms with E-state index in [1.54, 1.807) is 6.07 Å². The van der Waals surface area contributed by atoms with Crippen molar-refractivity contribution in [1.82, 2.24) is 4.31 Å². The monoisotopic (exact) mass is 348 g/mol. The minimum atomic E-state index is -3.56. The highest BCUT2D eigenvalue weighted by Gasteiger charge is 2.25. The molecule has 21 heavy (non-hydrogen) atoms. The molecule has 4 nitrogen and oxygen atoms in total. The number of nitrogens with two attached hydrogens (primary N) is 1. The van der Waals surface area contributed by atoms with Gasteiger partial charge in [0, 0.05) is 18.7 Å². The summed E-state index contributed by atoms with van der Waals surface area (Å²) in [6.07, 6.45) is 0.924. The van der Waals surface area contributed by atoms with Gasteiger partial charge in [0.2, 0.25) is 10.0 Å². The first-order valence-corrected chi connectivity index (χ1v) is 9.06. The van der Waals surface area contributed by atoms with Crippen LogP contribution in [0.5, 0.6) is 0 Å². The Balaban J connectivity index is 3.17. The second kappa shape index (κ2) is 7.54. The lowest BCUT2D eigenvalue weighted by molar-refractivity contribution is 0.361. The average molecular weight is 349 g/mol. The summed E-state index contributed by atoms with van der Waals surface area (Å²) in [7, 11) is -3.56. The number of thiocarbonyl (C=S) groups is 1. The molecule has 1 rings (SSSR count). The molecule has 2 N–H and O–H groups in total. The second-order valence-electron chi connectivity index (χ2n) is 4.97. The van der Waals surface area contributed by atoms with Crippen LogP contribution in [0.1, 0.15) is 32.8 Å². The van der Waals surface area contributed by atoms with Crippen molar-refractivity contribution in [2.75, 3.05) is 13.1 Å². The molecule has 0 amide bonds. The zero-order valence-electron chi connectivity index (χ0n) is 12.5. The maximum absolute atomic E-state index is 12.7. The van der Waals surface area contributed by atoms with Gasteiger partial charge in [-0.05, 0) is 24.1 Å². The highest BCUT2D eigenvalue weighted by atomic mass is 35.5. The molecule has 1 aromatic carbocycles. The second-order valence-corrected chi connectivity index (χ2v) is 7.76. The van der Waals surface area contributed by atoms with Crippen molar-refractivity contribution in [2.24, 2.45) is 11.7 Å². The van der Waals surface area contributed by atoms with Gasteiger partial charge in [0.05, 0.1) is 9.92 Å². The highest BCUT2D eigenvalue weighted by molar-refractivity contribution is 7.89. The smallest absolute Gasteiger partial charge is 0.243 e. The summed E-state index contributed by atoms with van der Waals surface area (Å²) in [5, 5.41) is 0.253. The van der Waals surface area contributed by atoms with Gasteiger partial charge in [0.1, 0.15) is 4.99 Å². The largest absolute Gasteiger partial charge is 0.389 e. The number of rotatable bonds is 7. The summed E-state index contributed by atoms with van der Waals surface area (Å²) in [4.78, 5) is 0.313. The van der Waals surface area contributed by atoms with Gasteiger partial charge < -0.3 is 5.73 Å². The zero-order chi connectivity index (χ0) is 16.2. The van der Waals surface area contributed by atoms with E-state index in [-0.39, 0.29) is 14.9 Å². The van der Waals surface area contributed by atoms with E-state index in [4.69, 9.17) is 29.6 Å². The Hall–Kier alpha value is -0.690. The molecule has 0 aliphatic heterocycles. The average Bonchev–Trinajstić information content (AvgIpc) is 2.43. The van der Waals surface area contributed by atoms with Crippen LogP contribution in [0.15, 0.2) is 23.1 Å². The van der Waals surface area contributed by atoms with Crippen LogP contribution in [0, 0.1) is 5.92 Å². The molecule has 0 spiro atoms. The van der Waals surface area contributed by atoms with E-state index in [1.807, 2.05) is 20.8 Å². The van der Waals surface area contributed by atoms with Gasteiger partial charge in [-0.2, -0.15) is 4.31 Å². The van der Waals surface area contributed by atoms with Gasteiger partial charge in [-0.1, -0.05) is 51.0 Å². The van der Waals surface area contributed by atoms with E-state index in [0.29, 0.717) is 24.6 Å². The molecule has 1 unspecified atom stereocenters. The SMILES string of the molecule is CCC(C)CN(CC)S(=O)(=O)c1ccc(C(N)=S)c(Cl)c1. The number of sulfonamides is 1. The van der Waals surface area contributed by atoms with Crippen molar-refractivity contribution in [3.05, 3.63) is 28.8 Å². The van der Waals surface area contributed by atoms with Crippen LogP contribution in [0.25, 0.3) is 0 Å². The fourth-order valence-electron chi connectivity index (χ4n) is 1.88. The third-order valence-electron chi connectivity index (χ3n) is 3.41. The summed E-state index contributed by atoms with van der Waals surface area (Å²) in [5.74, 6) is 0.297. The van der Waals surface area contributed by atoms with E-state index in [2.05, 4.69) is 0 Å². The summed E-state index contributed by atoms with van der Waals surface area (Å²) in [6, 6.07) is 4.45. The van der Waals surface area contributed by atoms with Gasteiger partial charge in [0.25, 0.3) is 0 Å². The van der Waals surface area contributed by atoms with Crippen molar-refractivity contribution in [3.8, 4) is 0 Å². The Bertz CT molecular complexity index is 617. The number of benzene rings is 1. The molecule has 0 aliphatic carbocycles. The minimum Gasteiger partial charge on any atom is -0.389 e. The van der Waals surface area contributed by atoms with Gasteiger partial charge in [-0.3, -0.25) is 0 Å². The molecule has 0 saturated carbocycles. The molecular weight excluding hydrogens is 328 g/mol. The van der Waals surface area contributed by atoms with Crippen LogP contribution in [0.4, 0.5) is 0 Å². The lowest BCUT2D eigenvalue weighted by Crippen LogP contribution is -2.34. The topological polar surface area (TPSA) is 63.4 Å². The summed E-state index contributed by atoms with van der Waals surface area (Å²) in [6.45, 7) is 6.80. The van der Waals surface area contributed by atoms with E-state index < -0.39 is 10.0 Å². The van der Waals surface area contributed by atoms with Crippen LogP contribution in [0.2, 0.25) is 5.02 Å². The highest BCUT2D eigenvalue weighted by Crippen LogP contribution is 2.24. The molecular formula is C14H21ClN2O2S2. The van der Waals surface area contributed by atoms with Crippen molar-refractivity contribution in [3.63, 3.8) is 0 Å². The third-order valence-corrected chi connectivity index (χ3v) is 5.88. The molecule has 0 bridgehead atoms. The normalized spacial score (nSPS) is 13.4. The van der Waals surface area contributed by atoms with Crippen molar-refractivity contribution in [1.29, 1.82) is 0 Å². The van der Waals surface area contributed by atoms with Crippen LogP contribution in [-0.4, -0.2) is 30.8 Å². The fourth-order valence-corrected chi connectivity index (χ4v) is 4.06. The van der Waals surface area contributed by atoms with E-state index >= 15 is 0 Å². The lowest BCUT2D eigenvalue weighted by Gasteiger charge is -2.23. The van der Waals surface area contributed by atoms with Gasteiger partial charge >= 0.3 is 0 Å². The molecule has 0 aromatic heterocycles. The van der Waals surface area contributed by atoms with E-state index in [9.17, 15) is 8.42 Å². The van der Waals surface area contributed by atoms with Crippen molar-refractivity contribution in [2.45, 2.75) is 32.1 Å². The summed E-state index contributed by atoms with van der Waals surface area (Å²) in [5.41, 5.74) is 6.01. The van der Waals surface area contributed by atoms with Gasteiger partial charge in [0.15, 0.2) is 0 Å². The van der Waals surface area contributed by atoms with Gasteiger partial charge in [-0.25, -0.2) is 8.42 Å². The van der Waals surface area contributed by atoms with Crippen molar-refractivity contribution >= 4 is 38.8 Å². The zero-order valence-corrected chi connectivity index (χ0v) is 14.9. The molecule has 0 fully saturated rings. The predicted molar refractivity (Wildman–Crippen MR) is 91.2 cm³/mol. The van der Waals surface area contributed by atoms with E-state index in [1.165, 1.54) is 16.4 Å². The molecule has 0 radical (unpaired) electrons. The molecule has 1 aromatic rings. The van der Waals surface area contributed by atoms with Gasteiger partial charge in [-0.15, -0.1) is 0 Å². The molecule has 118 valence electrons. The van der Waals surface area contributed by atoms with Crippen LogP contribution in [-0.2, 0) is 10.0 Å². The van der Waals surface area contributed by atoms with Crippen LogP contribution >= 0.6 is 23.8 Å².